The largest absolute Gasteiger partial charge is 0.394 e. The molecule has 0 spiro atoms. The normalized spacial score (nSPS) is 17.9. The van der Waals surface area contributed by atoms with Crippen LogP contribution in [0.5, 0.6) is 0 Å². The van der Waals surface area contributed by atoms with Crippen molar-refractivity contribution < 1.29 is 25.2 Å². The maximum Gasteiger partial charge on any atom is 0.164 e. The number of ketones is 1. The van der Waals surface area contributed by atoms with Crippen LogP contribution in [0, 0.1) is 0 Å². The molecule has 3 atom stereocenters. The zero-order valence-electron chi connectivity index (χ0n) is 7.55. The minimum atomic E-state index is -1.61. The van der Waals surface area contributed by atoms with Crippen LogP contribution in [0.2, 0.25) is 0 Å². The summed E-state index contributed by atoms with van der Waals surface area (Å²) in [5, 5.41) is 35.6. The molecule has 0 heterocycles. The predicted molar refractivity (Wildman–Crippen MR) is 45.0 cm³/mol. The summed E-state index contributed by atoms with van der Waals surface area (Å²) in [7, 11) is 0. The minimum absolute atomic E-state index is 0.149. The van der Waals surface area contributed by atoms with Gasteiger partial charge in [0.1, 0.15) is 18.3 Å². The summed E-state index contributed by atoms with van der Waals surface area (Å²) in [6.45, 7) is 1.08. The van der Waals surface area contributed by atoms with Crippen LogP contribution in [0.1, 0.15) is 19.8 Å². The molecular formula is C8H16O5. The molecule has 0 aromatic heterocycles. The SMILES string of the molecule is CCCC(=O)[C@H](O)[C@H](O)[C@H](O)CO. The fraction of sp³-hybridized carbons (Fsp3) is 0.875. The maximum atomic E-state index is 11.0. The standard InChI is InChI=1S/C8H16O5/c1-2-3-5(10)7(12)8(13)6(11)4-9/h6-9,11-13H,2-4H2,1H3/t6-,7+,8-/m1/s1. The van der Waals surface area contributed by atoms with Gasteiger partial charge in [0.25, 0.3) is 0 Å². The number of aliphatic hydroxyl groups is 4. The van der Waals surface area contributed by atoms with E-state index in [-0.39, 0.29) is 6.42 Å². The first-order valence-electron chi connectivity index (χ1n) is 4.22. The number of carbonyl (C=O) groups excluding carboxylic acids is 1. The Morgan fingerprint density at radius 1 is 1.31 bits per heavy atom. The summed E-state index contributed by atoms with van der Waals surface area (Å²) in [5.41, 5.74) is 0. The quantitative estimate of drug-likeness (QED) is 0.407. The monoisotopic (exact) mass is 192 g/mol. The molecule has 0 aromatic rings. The third-order valence-corrected chi connectivity index (χ3v) is 1.73. The van der Waals surface area contributed by atoms with Crippen LogP contribution in [-0.4, -0.2) is 51.1 Å². The van der Waals surface area contributed by atoms with E-state index in [4.69, 9.17) is 20.4 Å². The van der Waals surface area contributed by atoms with Gasteiger partial charge in [-0.25, -0.2) is 0 Å². The van der Waals surface area contributed by atoms with Crippen LogP contribution in [0.3, 0.4) is 0 Å². The van der Waals surface area contributed by atoms with E-state index in [0.717, 1.165) is 0 Å². The van der Waals surface area contributed by atoms with Crippen LogP contribution < -0.4 is 0 Å². The molecule has 13 heavy (non-hydrogen) atoms. The molecule has 5 nitrogen and oxygen atoms in total. The van der Waals surface area contributed by atoms with Gasteiger partial charge in [-0.05, 0) is 6.42 Å². The van der Waals surface area contributed by atoms with Gasteiger partial charge in [0.2, 0.25) is 0 Å². The Morgan fingerprint density at radius 2 is 1.85 bits per heavy atom. The Balaban J connectivity index is 4.07. The topological polar surface area (TPSA) is 98.0 Å². The second-order valence-electron chi connectivity index (χ2n) is 2.90. The zero-order chi connectivity index (χ0) is 10.4. The molecule has 0 aromatic carbocycles. The van der Waals surface area contributed by atoms with E-state index in [2.05, 4.69) is 0 Å². The summed E-state index contributed by atoms with van der Waals surface area (Å²) in [4.78, 5) is 11.0. The third kappa shape index (κ3) is 3.82. The first-order chi connectivity index (χ1) is 6.04. The van der Waals surface area contributed by atoms with Gasteiger partial charge in [-0.2, -0.15) is 0 Å². The number of Topliss-reactive ketones (excluding diaryl/α,β-unsaturated/α-hetero) is 1. The van der Waals surface area contributed by atoms with Gasteiger partial charge in [0, 0.05) is 6.42 Å². The Hall–Kier alpha value is -0.490. The first kappa shape index (κ1) is 12.5. The molecule has 0 saturated carbocycles. The van der Waals surface area contributed by atoms with Crippen molar-refractivity contribution in [2.75, 3.05) is 6.61 Å². The molecule has 0 rings (SSSR count). The molecule has 0 aliphatic carbocycles. The fourth-order valence-electron chi connectivity index (χ4n) is 0.903. The van der Waals surface area contributed by atoms with Gasteiger partial charge in [-0.15, -0.1) is 0 Å². The molecule has 0 fully saturated rings. The lowest BCUT2D eigenvalue weighted by Gasteiger charge is -2.20. The van der Waals surface area contributed by atoms with Gasteiger partial charge < -0.3 is 20.4 Å². The Bertz CT molecular complexity index is 159. The minimum Gasteiger partial charge on any atom is -0.394 e. The molecular weight excluding hydrogens is 176 g/mol. The first-order valence-corrected chi connectivity index (χ1v) is 4.22. The molecule has 0 unspecified atom stereocenters. The summed E-state index contributed by atoms with van der Waals surface area (Å²) in [6, 6.07) is 0. The zero-order valence-corrected chi connectivity index (χ0v) is 7.55. The third-order valence-electron chi connectivity index (χ3n) is 1.73. The smallest absolute Gasteiger partial charge is 0.164 e. The van der Waals surface area contributed by atoms with E-state index in [0.29, 0.717) is 6.42 Å². The van der Waals surface area contributed by atoms with Crippen molar-refractivity contribution in [1.82, 2.24) is 0 Å². The summed E-state index contributed by atoms with van der Waals surface area (Å²) < 4.78 is 0. The number of aliphatic hydroxyl groups excluding tert-OH is 4. The van der Waals surface area contributed by atoms with Crippen LogP contribution >= 0.6 is 0 Å². The van der Waals surface area contributed by atoms with Gasteiger partial charge in [0.05, 0.1) is 6.61 Å². The summed E-state index contributed by atoms with van der Waals surface area (Å²) in [5.74, 6) is -0.525. The predicted octanol–water partition coefficient (Wildman–Crippen LogP) is -1.57. The molecule has 0 aliphatic heterocycles. The molecule has 0 amide bonds. The highest BCUT2D eigenvalue weighted by atomic mass is 16.4. The van der Waals surface area contributed by atoms with Crippen molar-refractivity contribution in [2.24, 2.45) is 0 Å². The molecule has 0 bridgehead atoms. The fourth-order valence-corrected chi connectivity index (χ4v) is 0.903. The number of carbonyl (C=O) groups is 1. The van der Waals surface area contributed by atoms with Crippen LogP contribution in [0.4, 0.5) is 0 Å². The van der Waals surface area contributed by atoms with Crippen molar-refractivity contribution in [3.05, 3.63) is 0 Å². The van der Waals surface area contributed by atoms with E-state index >= 15 is 0 Å². The van der Waals surface area contributed by atoms with Crippen molar-refractivity contribution in [1.29, 1.82) is 0 Å². The molecule has 0 aliphatic rings. The average molecular weight is 192 g/mol. The van der Waals surface area contributed by atoms with Gasteiger partial charge in [-0.1, -0.05) is 6.92 Å². The summed E-state index contributed by atoms with van der Waals surface area (Å²) in [6.07, 6.45) is -3.98. The van der Waals surface area contributed by atoms with E-state index in [9.17, 15) is 4.79 Å². The Kier molecular flexibility index (Phi) is 5.81. The Morgan fingerprint density at radius 3 is 2.23 bits per heavy atom. The second kappa shape index (κ2) is 6.04. The van der Waals surface area contributed by atoms with Gasteiger partial charge in [-0.3, -0.25) is 4.79 Å². The van der Waals surface area contributed by atoms with E-state index < -0.39 is 30.7 Å². The second-order valence-corrected chi connectivity index (χ2v) is 2.90. The van der Waals surface area contributed by atoms with Crippen molar-refractivity contribution in [3.8, 4) is 0 Å². The average Bonchev–Trinajstić information content (AvgIpc) is 2.14. The highest BCUT2D eigenvalue weighted by molar-refractivity contribution is 5.83. The highest BCUT2D eigenvalue weighted by Gasteiger charge is 2.28. The van der Waals surface area contributed by atoms with Crippen LogP contribution in [0.15, 0.2) is 0 Å². The lowest BCUT2D eigenvalue weighted by Crippen LogP contribution is -2.43. The van der Waals surface area contributed by atoms with E-state index in [1.54, 1.807) is 6.92 Å². The molecule has 4 N–H and O–H groups in total. The van der Waals surface area contributed by atoms with Gasteiger partial charge in [0.15, 0.2) is 5.78 Å². The lowest BCUT2D eigenvalue weighted by molar-refractivity contribution is -0.140. The van der Waals surface area contributed by atoms with Crippen molar-refractivity contribution >= 4 is 5.78 Å². The molecule has 5 heteroatoms. The van der Waals surface area contributed by atoms with E-state index in [1.165, 1.54) is 0 Å². The maximum absolute atomic E-state index is 11.0. The Labute approximate surface area is 76.6 Å². The molecule has 0 saturated heterocycles. The van der Waals surface area contributed by atoms with Crippen molar-refractivity contribution in [3.63, 3.8) is 0 Å². The molecule has 78 valence electrons. The molecule has 0 radical (unpaired) electrons. The van der Waals surface area contributed by atoms with Crippen LogP contribution in [0.25, 0.3) is 0 Å². The number of hydrogen-bond acceptors (Lipinski definition) is 5. The van der Waals surface area contributed by atoms with E-state index in [1.807, 2.05) is 0 Å². The highest BCUT2D eigenvalue weighted by Crippen LogP contribution is 2.04. The number of rotatable bonds is 6. The lowest BCUT2D eigenvalue weighted by atomic mass is 10.0. The van der Waals surface area contributed by atoms with Gasteiger partial charge >= 0.3 is 0 Å². The van der Waals surface area contributed by atoms with Crippen LogP contribution in [-0.2, 0) is 4.79 Å². The van der Waals surface area contributed by atoms with Crippen molar-refractivity contribution in [2.45, 2.75) is 38.1 Å². The summed E-state index contributed by atoms with van der Waals surface area (Å²) >= 11 is 0. The number of hydrogen-bond donors (Lipinski definition) is 4.